The zero-order valence-corrected chi connectivity index (χ0v) is 13.9. The van der Waals surface area contributed by atoms with Gasteiger partial charge in [0.05, 0.1) is 0 Å². The Kier molecular flexibility index (Phi) is 3.63. The van der Waals surface area contributed by atoms with Gasteiger partial charge in [-0.3, -0.25) is 4.79 Å². The molecule has 0 N–H and O–H groups in total. The molecule has 0 bridgehead atoms. The number of ether oxygens (including phenoxy) is 2. The average Bonchev–Trinajstić information content (AvgIpc) is 3.13. The van der Waals surface area contributed by atoms with Crippen LogP contribution in [0.2, 0.25) is 0 Å². The molecular formula is C17H20N4O3. The van der Waals surface area contributed by atoms with E-state index in [1.54, 1.807) is 18.2 Å². The van der Waals surface area contributed by atoms with Crippen molar-refractivity contribution in [2.45, 2.75) is 38.8 Å². The van der Waals surface area contributed by atoms with Crippen molar-refractivity contribution in [1.82, 2.24) is 19.7 Å². The highest BCUT2D eigenvalue weighted by Crippen LogP contribution is 2.33. The normalized spacial score (nSPS) is 18.8. The standard InChI is InChI=1S/C17H20N4O3/c1-11-18-19-16-6-4-13(7-8-21(11)16)20(2)17(22)12-3-5-14-15(9-12)24-10-23-14/h3,5,9,13H,4,6-8,10H2,1-2H3. The van der Waals surface area contributed by atoms with Crippen molar-refractivity contribution in [2.75, 3.05) is 13.8 Å². The van der Waals surface area contributed by atoms with Crippen LogP contribution in [0, 0.1) is 6.92 Å². The predicted octanol–water partition coefficient (Wildman–Crippen LogP) is 1.79. The van der Waals surface area contributed by atoms with Gasteiger partial charge in [0, 0.05) is 31.6 Å². The van der Waals surface area contributed by atoms with Crippen LogP contribution in [-0.2, 0) is 13.0 Å². The lowest BCUT2D eigenvalue weighted by atomic mass is 10.1. The maximum absolute atomic E-state index is 12.8. The summed E-state index contributed by atoms with van der Waals surface area (Å²) >= 11 is 0. The first-order valence-electron chi connectivity index (χ1n) is 8.19. The van der Waals surface area contributed by atoms with Gasteiger partial charge in [-0.25, -0.2) is 0 Å². The van der Waals surface area contributed by atoms with Crippen molar-refractivity contribution < 1.29 is 14.3 Å². The van der Waals surface area contributed by atoms with E-state index in [0.717, 1.165) is 37.5 Å². The van der Waals surface area contributed by atoms with E-state index < -0.39 is 0 Å². The highest BCUT2D eigenvalue weighted by atomic mass is 16.7. The number of carbonyl (C=O) groups excluding carboxylic acids is 1. The molecule has 1 aromatic heterocycles. The molecule has 126 valence electrons. The number of fused-ring (bicyclic) bond motifs is 2. The number of aromatic nitrogens is 3. The Balaban J connectivity index is 1.49. The van der Waals surface area contributed by atoms with Crippen molar-refractivity contribution in [2.24, 2.45) is 0 Å². The molecule has 7 nitrogen and oxygen atoms in total. The summed E-state index contributed by atoms with van der Waals surface area (Å²) in [7, 11) is 1.87. The molecule has 0 fully saturated rings. The molecule has 1 aromatic carbocycles. The Labute approximate surface area is 140 Å². The molecule has 3 heterocycles. The quantitative estimate of drug-likeness (QED) is 0.841. The third kappa shape index (κ3) is 2.50. The fourth-order valence-corrected chi connectivity index (χ4v) is 3.41. The Morgan fingerprint density at radius 1 is 1.25 bits per heavy atom. The van der Waals surface area contributed by atoms with Gasteiger partial charge < -0.3 is 18.9 Å². The Morgan fingerprint density at radius 2 is 2.08 bits per heavy atom. The third-order valence-electron chi connectivity index (χ3n) is 4.89. The number of hydrogen-bond acceptors (Lipinski definition) is 5. The molecule has 2 aromatic rings. The first-order chi connectivity index (χ1) is 11.6. The number of rotatable bonds is 2. The Morgan fingerprint density at radius 3 is 2.96 bits per heavy atom. The van der Waals surface area contributed by atoms with Crippen molar-refractivity contribution in [3.63, 3.8) is 0 Å². The van der Waals surface area contributed by atoms with Gasteiger partial charge in [-0.1, -0.05) is 0 Å². The van der Waals surface area contributed by atoms with Crippen molar-refractivity contribution >= 4 is 5.91 Å². The van der Waals surface area contributed by atoms with Crippen LogP contribution in [0.5, 0.6) is 11.5 Å². The fraction of sp³-hybridized carbons (Fsp3) is 0.471. The van der Waals surface area contributed by atoms with E-state index in [0.29, 0.717) is 17.1 Å². The number of hydrogen-bond donors (Lipinski definition) is 0. The largest absolute Gasteiger partial charge is 0.454 e. The number of amides is 1. The lowest BCUT2D eigenvalue weighted by Crippen LogP contribution is -2.37. The fourth-order valence-electron chi connectivity index (χ4n) is 3.41. The van der Waals surface area contributed by atoms with Gasteiger partial charge in [0.15, 0.2) is 11.5 Å². The molecular weight excluding hydrogens is 308 g/mol. The van der Waals surface area contributed by atoms with Gasteiger partial charge in [-0.05, 0) is 38.0 Å². The summed E-state index contributed by atoms with van der Waals surface area (Å²) in [5, 5.41) is 8.36. The molecule has 1 amide bonds. The molecule has 0 aliphatic carbocycles. The summed E-state index contributed by atoms with van der Waals surface area (Å²) in [6.07, 6.45) is 2.63. The molecule has 2 aliphatic heterocycles. The van der Waals surface area contributed by atoms with Crippen LogP contribution in [0.3, 0.4) is 0 Å². The molecule has 0 spiro atoms. The Hall–Kier alpha value is -2.57. The van der Waals surface area contributed by atoms with E-state index >= 15 is 0 Å². The Bertz CT molecular complexity index is 786. The second-order valence-corrected chi connectivity index (χ2v) is 6.28. The lowest BCUT2D eigenvalue weighted by Gasteiger charge is -2.27. The van der Waals surface area contributed by atoms with Crippen LogP contribution >= 0.6 is 0 Å². The maximum Gasteiger partial charge on any atom is 0.253 e. The van der Waals surface area contributed by atoms with E-state index in [1.165, 1.54) is 0 Å². The summed E-state index contributed by atoms with van der Waals surface area (Å²) < 4.78 is 12.8. The van der Waals surface area contributed by atoms with Crippen molar-refractivity contribution in [3.05, 3.63) is 35.4 Å². The number of benzene rings is 1. The van der Waals surface area contributed by atoms with Crippen LogP contribution in [-0.4, -0.2) is 45.5 Å². The van der Waals surface area contributed by atoms with E-state index in [1.807, 2.05) is 18.9 Å². The minimum atomic E-state index is 0.00712. The first-order valence-corrected chi connectivity index (χ1v) is 8.19. The second kappa shape index (κ2) is 5.81. The van der Waals surface area contributed by atoms with Gasteiger partial charge in [0.2, 0.25) is 6.79 Å². The molecule has 0 saturated heterocycles. The molecule has 2 aliphatic rings. The van der Waals surface area contributed by atoms with Gasteiger partial charge in [-0.2, -0.15) is 0 Å². The molecule has 4 rings (SSSR count). The number of nitrogens with zero attached hydrogens (tertiary/aromatic N) is 4. The summed E-state index contributed by atoms with van der Waals surface area (Å²) in [6.45, 7) is 3.03. The first kappa shape index (κ1) is 15.0. The molecule has 24 heavy (non-hydrogen) atoms. The zero-order valence-electron chi connectivity index (χ0n) is 13.9. The summed E-state index contributed by atoms with van der Waals surface area (Å²) in [5.74, 6) is 3.29. The molecule has 0 radical (unpaired) electrons. The van der Waals surface area contributed by atoms with Crippen LogP contribution in [0.15, 0.2) is 18.2 Å². The SMILES string of the molecule is Cc1nnc2n1CCC(N(C)C(=O)c1ccc3c(c1)OCO3)CC2. The maximum atomic E-state index is 12.8. The van der Waals surface area contributed by atoms with Crippen LogP contribution in [0.1, 0.15) is 34.8 Å². The van der Waals surface area contributed by atoms with Gasteiger partial charge in [0.25, 0.3) is 5.91 Å². The van der Waals surface area contributed by atoms with E-state index in [9.17, 15) is 4.79 Å². The van der Waals surface area contributed by atoms with Gasteiger partial charge >= 0.3 is 0 Å². The topological polar surface area (TPSA) is 69.5 Å². The van der Waals surface area contributed by atoms with E-state index in [-0.39, 0.29) is 18.7 Å². The van der Waals surface area contributed by atoms with Gasteiger partial charge in [-0.15, -0.1) is 10.2 Å². The van der Waals surface area contributed by atoms with E-state index in [4.69, 9.17) is 9.47 Å². The molecule has 1 atom stereocenters. The number of carbonyl (C=O) groups is 1. The molecule has 0 saturated carbocycles. The molecule has 7 heteroatoms. The van der Waals surface area contributed by atoms with Crippen molar-refractivity contribution in [3.8, 4) is 11.5 Å². The van der Waals surface area contributed by atoms with Crippen LogP contribution < -0.4 is 9.47 Å². The van der Waals surface area contributed by atoms with Crippen LogP contribution in [0.25, 0.3) is 0 Å². The minimum absolute atomic E-state index is 0.00712. The molecule has 1 unspecified atom stereocenters. The highest BCUT2D eigenvalue weighted by molar-refractivity contribution is 5.95. The second-order valence-electron chi connectivity index (χ2n) is 6.28. The third-order valence-corrected chi connectivity index (χ3v) is 4.89. The summed E-state index contributed by atoms with van der Waals surface area (Å²) in [5.41, 5.74) is 0.626. The van der Waals surface area contributed by atoms with Crippen LogP contribution in [0.4, 0.5) is 0 Å². The van der Waals surface area contributed by atoms with Crippen molar-refractivity contribution in [1.29, 1.82) is 0 Å². The highest BCUT2D eigenvalue weighted by Gasteiger charge is 2.26. The smallest absolute Gasteiger partial charge is 0.253 e. The summed E-state index contributed by atoms with van der Waals surface area (Å²) in [6, 6.07) is 5.53. The van der Waals surface area contributed by atoms with E-state index in [2.05, 4.69) is 14.8 Å². The lowest BCUT2D eigenvalue weighted by molar-refractivity contribution is 0.0715. The van der Waals surface area contributed by atoms with Gasteiger partial charge in [0.1, 0.15) is 11.6 Å². The monoisotopic (exact) mass is 328 g/mol. The minimum Gasteiger partial charge on any atom is -0.454 e. The average molecular weight is 328 g/mol. The zero-order chi connectivity index (χ0) is 16.7. The number of aryl methyl sites for hydroxylation is 2. The summed E-state index contributed by atoms with van der Waals surface area (Å²) in [4.78, 5) is 14.7. The predicted molar refractivity (Wildman–Crippen MR) is 86.1 cm³/mol.